The van der Waals surface area contributed by atoms with Gasteiger partial charge in [-0.3, -0.25) is 4.79 Å². The van der Waals surface area contributed by atoms with Gasteiger partial charge in [0.1, 0.15) is 24.5 Å². The highest BCUT2D eigenvalue weighted by molar-refractivity contribution is 6.42. The monoisotopic (exact) mass is 298 g/mol. The van der Waals surface area contributed by atoms with E-state index >= 15 is 0 Å². The Morgan fingerprint density at radius 1 is 1.21 bits per heavy atom. The molecule has 0 bridgehead atoms. The topological polar surface area (TPSA) is 26.3 Å². The minimum atomic E-state index is -0.531. The average molecular weight is 299 g/mol. The molecule has 0 fully saturated rings. The summed E-state index contributed by atoms with van der Waals surface area (Å²) in [4.78, 5) is 10.6. The first kappa shape index (κ1) is 13.8. The van der Waals surface area contributed by atoms with Crippen molar-refractivity contribution < 1.29 is 13.9 Å². The first-order valence-corrected chi connectivity index (χ1v) is 6.17. The number of carbonyl (C=O) groups excluding carboxylic acids is 1. The van der Waals surface area contributed by atoms with Crippen molar-refractivity contribution in [2.24, 2.45) is 0 Å². The largest absolute Gasteiger partial charge is 0.489 e. The van der Waals surface area contributed by atoms with Crippen molar-refractivity contribution >= 4 is 29.5 Å². The molecule has 98 valence electrons. The summed E-state index contributed by atoms with van der Waals surface area (Å²) in [5, 5.41) is 0.826. The molecule has 2 aromatic carbocycles. The van der Waals surface area contributed by atoms with Crippen LogP contribution < -0.4 is 4.74 Å². The van der Waals surface area contributed by atoms with E-state index in [-0.39, 0.29) is 17.9 Å². The Hall–Kier alpha value is -1.58. The first-order chi connectivity index (χ1) is 9.10. The second-order valence-corrected chi connectivity index (χ2v) is 4.62. The highest BCUT2D eigenvalue weighted by Gasteiger charge is 2.06. The highest BCUT2D eigenvalue weighted by atomic mass is 35.5. The van der Waals surface area contributed by atoms with Crippen LogP contribution in [-0.2, 0) is 6.61 Å². The summed E-state index contributed by atoms with van der Waals surface area (Å²) in [6, 6.07) is 8.95. The zero-order valence-electron chi connectivity index (χ0n) is 9.70. The number of benzene rings is 2. The van der Waals surface area contributed by atoms with Crippen LogP contribution in [0.25, 0.3) is 0 Å². The molecule has 2 nitrogen and oxygen atoms in total. The number of ether oxygens (including phenoxy) is 1. The van der Waals surface area contributed by atoms with E-state index in [1.54, 1.807) is 18.2 Å². The molecule has 0 heterocycles. The molecule has 0 saturated carbocycles. The molecule has 2 aromatic rings. The smallest absolute Gasteiger partial charge is 0.150 e. The van der Waals surface area contributed by atoms with Gasteiger partial charge in [0.15, 0.2) is 0 Å². The van der Waals surface area contributed by atoms with Crippen LogP contribution in [0.2, 0.25) is 10.0 Å². The standard InChI is InChI=1S/C14H9Cl2FO2/c15-13-3-1-2-10(14(13)16)8-19-12-5-9(7-18)4-11(17)6-12/h1-7H,8H2. The molecule has 0 amide bonds. The molecule has 0 atom stereocenters. The van der Waals surface area contributed by atoms with Gasteiger partial charge in [-0.15, -0.1) is 0 Å². The fourth-order valence-corrected chi connectivity index (χ4v) is 1.93. The molecule has 0 aliphatic rings. The van der Waals surface area contributed by atoms with Gasteiger partial charge in [0.2, 0.25) is 0 Å². The summed E-state index contributed by atoms with van der Waals surface area (Å²) in [6.07, 6.45) is 0.558. The van der Waals surface area contributed by atoms with E-state index in [9.17, 15) is 9.18 Å². The summed E-state index contributed by atoms with van der Waals surface area (Å²) in [5.41, 5.74) is 0.901. The Kier molecular flexibility index (Phi) is 4.40. The lowest BCUT2D eigenvalue weighted by molar-refractivity contribution is 0.112. The quantitative estimate of drug-likeness (QED) is 0.776. The summed E-state index contributed by atoms with van der Waals surface area (Å²) >= 11 is 11.9. The molecule has 0 aliphatic heterocycles. The van der Waals surface area contributed by atoms with Gasteiger partial charge in [0, 0.05) is 17.2 Å². The summed E-state index contributed by atoms with van der Waals surface area (Å²) in [7, 11) is 0. The molecule has 0 unspecified atom stereocenters. The van der Waals surface area contributed by atoms with Crippen molar-refractivity contribution in [3.63, 3.8) is 0 Å². The van der Waals surface area contributed by atoms with Crippen molar-refractivity contribution in [1.29, 1.82) is 0 Å². The summed E-state index contributed by atoms with van der Waals surface area (Å²) < 4.78 is 18.6. The lowest BCUT2D eigenvalue weighted by atomic mass is 10.2. The predicted octanol–water partition coefficient (Wildman–Crippen LogP) is 4.52. The van der Waals surface area contributed by atoms with E-state index in [1.807, 2.05) is 0 Å². The predicted molar refractivity (Wildman–Crippen MR) is 72.6 cm³/mol. The molecule has 0 N–H and O–H groups in total. The highest BCUT2D eigenvalue weighted by Crippen LogP contribution is 2.26. The molecule has 0 spiro atoms. The SMILES string of the molecule is O=Cc1cc(F)cc(OCc2cccc(Cl)c2Cl)c1. The average Bonchev–Trinajstić information content (AvgIpc) is 2.40. The number of hydrogen-bond donors (Lipinski definition) is 0. The molecule has 2 rings (SSSR count). The van der Waals surface area contributed by atoms with Crippen molar-refractivity contribution in [2.45, 2.75) is 6.61 Å². The van der Waals surface area contributed by atoms with Crippen molar-refractivity contribution in [3.8, 4) is 5.75 Å². The second-order valence-electron chi connectivity index (χ2n) is 3.84. The zero-order valence-corrected chi connectivity index (χ0v) is 11.2. The second kappa shape index (κ2) is 6.04. The molecule has 0 aliphatic carbocycles. The van der Waals surface area contributed by atoms with Crippen LogP contribution in [0, 0.1) is 5.82 Å². The molecular formula is C14H9Cl2FO2. The van der Waals surface area contributed by atoms with Crippen LogP contribution in [0.15, 0.2) is 36.4 Å². The van der Waals surface area contributed by atoms with Crippen molar-refractivity contribution in [2.75, 3.05) is 0 Å². The molecular weight excluding hydrogens is 290 g/mol. The molecule has 0 aromatic heterocycles. The maximum Gasteiger partial charge on any atom is 0.150 e. The fraction of sp³-hybridized carbons (Fsp3) is 0.0714. The van der Waals surface area contributed by atoms with Gasteiger partial charge in [-0.05, 0) is 18.2 Å². The van der Waals surface area contributed by atoms with Crippen molar-refractivity contribution in [1.82, 2.24) is 0 Å². The van der Waals surface area contributed by atoms with Crippen LogP contribution >= 0.6 is 23.2 Å². The third kappa shape index (κ3) is 3.46. The lowest BCUT2D eigenvalue weighted by Gasteiger charge is -2.09. The van der Waals surface area contributed by atoms with E-state index < -0.39 is 5.82 Å². The maximum atomic E-state index is 13.2. The van der Waals surface area contributed by atoms with Crippen LogP contribution in [0.1, 0.15) is 15.9 Å². The third-order valence-electron chi connectivity index (χ3n) is 2.46. The minimum absolute atomic E-state index is 0.140. The molecule has 19 heavy (non-hydrogen) atoms. The maximum absolute atomic E-state index is 13.2. The third-order valence-corrected chi connectivity index (χ3v) is 3.31. The molecule has 5 heteroatoms. The Morgan fingerprint density at radius 3 is 2.74 bits per heavy atom. The van der Waals surface area contributed by atoms with Crippen molar-refractivity contribution in [3.05, 3.63) is 63.4 Å². The van der Waals surface area contributed by atoms with Gasteiger partial charge < -0.3 is 4.74 Å². The number of carbonyl (C=O) groups is 1. The van der Waals surface area contributed by atoms with Gasteiger partial charge in [-0.1, -0.05) is 35.3 Å². The molecule has 0 saturated heterocycles. The van der Waals surface area contributed by atoms with Crippen LogP contribution in [0.4, 0.5) is 4.39 Å². The van der Waals surface area contributed by atoms with Gasteiger partial charge in [-0.25, -0.2) is 4.39 Å². The van der Waals surface area contributed by atoms with E-state index in [4.69, 9.17) is 27.9 Å². The van der Waals surface area contributed by atoms with Crippen LogP contribution in [0.5, 0.6) is 5.75 Å². The van der Waals surface area contributed by atoms with Gasteiger partial charge in [0.25, 0.3) is 0 Å². The number of aldehydes is 1. The number of rotatable bonds is 4. The Morgan fingerprint density at radius 2 is 2.00 bits per heavy atom. The Labute approximate surface area is 119 Å². The Balaban J connectivity index is 2.16. The van der Waals surface area contributed by atoms with E-state index in [2.05, 4.69) is 0 Å². The fourth-order valence-electron chi connectivity index (χ4n) is 1.56. The molecule has 0 radical (unpaired) electrons. The normalized spacial score (nSPS) is 10.3. The van der Waals surface area contributed by atoms with Crippen LogP contribution in [-0.4, -0.2) is 6.29 Å². The zero-order chi connectivity index (χ0) is 13.8. The minimum Gasteiger partial charge on any atom is -0.489 e. The van der Waals surface area contributed by atoms with Gasteiger partial charge in [0.05, 0.1) is 10.0 Å². The number of hydrogen-bond acceptors (Lipinski definition) is 2. The Bertz CT molecular complexity index is 614. The lowest BCUT2D eigenvalue weighted by Crippen LogP contribution is -1.98. The first-order valence-electron chi connectivity index (χ1n) is 5.41. The van der Waals surface area contributed by atoms with Crippen LogP contribution in [0.3, 0.4) is 0 Å². The van der Waals surface area contributed by atoms with Gasteiger partial charge >= 0.3 is 0 Å². The van der Waals surface area contributed by atoms with E-state index in [0.29, 0.717) is 21.9 Å². The summed E-state index contributed by atoms with van der Waals surface area (Å²) in [5.74, 6) is -0.269. The number of halogens is 3. The van der Waals surface area contributed by atoms with E-state index in [0.717, 1.165) is 6.07 Å². The summed E-state index contributed by atoms with van der Waals surface area (Å²) in [6.45, 7) is 0.140. The van der Waals surface area contributed by atoms with Gasteiger partial charge in [-0.2, -0.15) is 0 Å². The van der Waals surface area contributed by atoms with E-state index in [1.165, 1.54) is 12.1 Å².